The minimum absolute atomic E-state index is 0.0178. The minimum atomic E-state index is -0.423. The van der Waals surface area contributed by atoms with Crippen LogP contribution in [0.5, 0.6) is 5.75 Å². The van der Waals surface area contributed by atoms with E-state index in [9.17, 15) is 9.59 Å². The second-order valence-corrected chi connectivity index (χ2v) is 6.28. The van der Waals surface area contributed by atoms with Gasteiger partial charge in [-0.05, 0) is 6.07 Å². The van der Waals surface area contributed by atoms with E-state index >= 15 is 0 Å². The minimum Gasteiger partial charge on any atom is -0.496 e. The summed E-state index contributed by atoms with van der Waals surface area (Å²) in [5, 5.41) is 5.94. The molecule has 2 N–H and O–H groups in total. The van der Waals surface area contributed by atoms with E-state index in [1.807, 2.05) is 29.2 Å². The molecular weight excluding hydrogens is 302 g/mol. The molecule has 2 saturated heterocycles. The number of thioether (sulfide) groups is 1. The van der Waals surface area contributed by atoms with Crippen LogP contribution in [0.15, 0.2) is 24.3 Å². The van der Waals surface area contributed by atoms with Crippen LogP contribution in [0.25, 0.3) is 0 Å². The Morgan fingerprint density at radius 2 is 2.23 bits per heavy atom. The summed E-state index contributed by atoms with van der Waals surface area (Å²) in [4.78, 5) is 26.0. The molecule has 0 radical (unpaired) electrons. The molecule has 1 unspecified atom stereocenters. The van der Waals surface area contributed by atoms with Gasteiger partial charge in [-0.3, -0.25) is 9.59 Å². The van der Waals surface area contributed by atoms with Gasteiger partial charge in [0.2, 0.25) is 5.91 Å². The number of ether oxygens (including phenoxy) is 1. The van der Waals surface area contributed by atoms with Gasteiger partial charge in [0.05, 0.1) is 13.2 Å². The Balaban J connectivity index is 1.85. The highest BCUT2D eigenvalue weighted by Crippen LogP contribution is 2.31. The van der Waals surface area contributed by atoms with Crippen molar-refractivity contribution in [3.8, 4) is 5.75 Å². The molecule has 2 amide bonds. The molecule has 3 rings (SSSR count). The molecular formula is C15H19N3O3S. The van der Waals surface area contributed by atoms with Gasteiger partial charge in [0.1, 0.15) is 11.8 Å². The van der Waals surface area contributed by atoms with Crippen LogP contribution < -0.4 is 15.4 Å². The molecule has 2 aliphatic rings. The zero-order chi connectivity index (χ0) is 15.5. The molecule has 0 aliphatic carbocycles. The number of carbonyl (C=O) groups is 2. The van der Waals surface area contributed by atoms with Gasteiger partial charge in [-0.1, -0.05) is 30.0 Å². The van der Waals surface area contributed by atoms with Gasteiger partial charge < -0.3 is 20.3 Å². The van der Waals surface area contributed by atoms with Crippen molar-refractivity contribution in [3.63, 3.8) is 0 Å². The van der Waals surface area contributed by atoms with Gasteiger partial charge in [0, 0.05) is 31.0 Å². The number of rotatable bonds is 3. The van der Waals surface area contributed by atoms with E-state index in [0.29, 0.717) is 18.8 Å². The fourth-order valence-corrected chi connectivity index (χ4v) is 3.68. The highest BCUT2D eigenvalue weighted by Gasteiger charge is 2.36. The molecule has 7 heteroatoms. The number of para-hydroxylation sites is 1. The van der Waals surface area contributed by atoms with Crippen molar-refractivity contribution >= 4 is 22.9 Å². The van der Waals surface area contributed by atoms with Crippen molar-refractivity contribution in [1.82, 2.24) is 15.5 Å². The number of benzene rings is 1. The third-order valence-corrected chi connectivity index (χ3v) is 4.88. The van der Waals surface area contributed by atoms with Crippen LogP contribution in [0.3, 0.4) is 0 Å². The van der Waals surface area contributed by atoms with Crippen molar-refractivity contribution in [2.45, 2.75) is 12.1 Å². The van der Waals surface area contributed by atoms with Crippen LogP contribution in [0.4, 0.5) is 4.79 Å². The topological polar surface area (TPSA) is 70.7 Å². The third kappa shape index (κ3) is 2.91. The average Bonchev–Trinajstić information content (AvgIpc) is 3.00. The van der Waals surface area contributed by atoms with Crippen molar-refractivity contribution in [3.05, 3.63) is 29.8 Å². The standard InChI is InChI=1S/C15H19N3O3S/c1-21-13-5-3-2-4-10(13)12-8-16-6-7-18(12)14(19)11-9-22-15(20)17-11/h2-5,11-12,16H,6-9H2,1H3,(H,17,20)/t11-,12?/m0/s1. The fraction of sp³-hybridized carbons (Fsp3) is 0.467. The van der Waals surface area contributed by atoms with Gasteiger partial charge in [-0.15, -0.1) is 0 Å². The quantitative estimate of drug-likeness (QED) is 0.869. The number of nitrogens with zero attached hydrogens (tertiary/aromatic N) is 1. The first-order valence-electron chi connectivity index (χ1n) is 7.28. The van der Waals surface area contributed by atoms with Gasteiger partial charge in [0.15, 0.2) is 0 Å². The summed E-state index contributed by atoms with van der Waals surface area (Å²) in [5.74, 6) is 1.26. The molecule has 0 bridgehead atoms. The number of carbonyl (C=O) groups excluding carboxylic acids is 2. The molecule has 1 aromatic carbocycles. The van der Waals surface area contributed by atoms with E-state index in [0.717, 1.165) is 29.6 Å². The third-order valence-electron chi connectivity index (χ3n) is 4.00. The number of amides is 2. The largest absolute Gasteiger partial charge is 0.496 e. The monoisotopic (exact) mass is 321 g/mol. The van der Waals surface area contributed by atoms with E-state index in [2.05, 4.69) is 10.6 Å². The average molecular weight is 321 g/mol. The number of hydrogen-bond donors (Lipinski definition) is 2. The number of methoxy groups -OCH3 is 1. The van der Waals surface area contributed by atoms with Crippen LogP contribution in [-0.2, 0) is 4.79 Å². The highest BCUT2D eigenvalue weighted by atomic mass is 32.2. The first kappa shape index (κ1) is 15.2. The Kier molecular flexibility index (Phi) is 4.54. The lowest BCUT2D eigenvalue weighted by molar-refractivity contribution is -0.135. The van der Waals surface area contributed by atoms with E-state index in [1.165, 1.54) is 0 Å². The maximum Gasteiger partial charge on any atom is 0.279 e. The van der Waals surface area contributed by atoms with Crippen LogP contribution in [0.2, 0.25) is 0 Å². The number of nitrogens with one attached hydrogen (secondary N) is 2. The summed E-state index contributed by atoms with van der Waals surface area (Å²) < 4.78 is 5.43. The zero-order valence-corrected chi connectivity index (χ0v) is 13.2. The second kappa shape index (κ2) is 6.58. The van der Waals surface area contributed by atoms with E-state index in [1.54, 1.807) is 7.11 Å². The number of hydrogen-bond acceptors (Lipinski definition) is 5. The molecule has 1 aromatic rings. The molecule has 0 spiro atoms. The summed E-state index contributed by atoms with van der Waals surface area (Å²) in [6, 6.07) is 7.24. The highest BCUT2D eigenvalue weighted by molar-refractivity contribution is 8.14. The number of piperazine rings is 1. The van der Waals surface area contributed by atoms with Crippen LogP contribution in [0.1, 0.15) is 11.6 Å². The van der Waals surface area contributed by atoms with Gasteiger partial charge in [-0.25, -0.2) is 0 Å². The predicted molar refractivity (Wildman–Crippen MR) is 85.1 cm³/mol. The Morgan fingerprint density at radius 3 is 2.95 bits per heavy atom. The maximum atomic E-state index is 12.8. The predicted octanol–water partition coefficient (Wildman–Crippen LogP) is 0.993. The molecule has 0 saturated carbocycles. The fourth-order valence-electron chi connectivity index (χ4n) is 2.91. The lowest BCUT2D eigenvalue weighted by Crippen LogP contribution is -2.54. The van der Waals surface area contributed by atoms with E-state index < -0.39 is 6.04 Å². The lowest BCUT2D eigenvalue weighted by Gasteiger charge is -2.38. The first-order chi connectivity index (χ1) is 10.7. The maximum absolute atomic E-state index is 12.8. The Morgan fingerprint density at radius 1 is 1.41 bits per heavy atom. The SMILES string of the molecule is COc1ccccc1C1CNCCN1C(=O)[C@@H]1CSC(=O)N1. The summed E-state index contributed by atoms with van der Waals surface area (Å²) in [6.45, 7) is 2.06. The lowest BCUT2D eigenvalue weighted by atomic mass is 10.0. The smallest absolute Gasteiger partial charge is 0.279 e. The van der Waals surface area contributed by atoms with Crippen molar-refractivity contribution in [1.29, 1.82) is 0 Å². The molecule has 22 heavy (non-hydrogen) atoms. The van der Waals surface area contributed by atoms with Crippen molar-refractivity contribution < 1.29 is 14.3 Å². The van der Waals surface area contributed by atoms with E-state index in [-0.39, 0.29) is 17.2 Å². The van der Waals surface area contributed by atoms with Crippen molar-refractivity contribution in [2.75, 3.05) is 32.5 Å². The van der Waals surface area contributed by atoms with Crippen LogP contribution in [-0.4, -0.2) is 54.6 Å². The Bertz CT molecular complexity index is 581. The van der Waals surface area contributed by atoms with Gasteiger partial charge in [0.25, 0.3) is 5.24 Å². The molecule has 0 aromatic heterocycles. The second-order valence-electron chi connectivity index (χ2n) is 5.29. The zero-order valence-electron chi connectivity index (χ0n) is 12.4. The summed E-state index contributed by atoms with van der Waals surface area (Å²) >= 11 is 1.16. The molecule has 2 aliphatic heterocycles. The molecule has 2 atom stereocenters. The van der Waals surface area contributed by atoms with Gasteiger partial charge >= 0.3 is 0 Å². The van der Waals surface area contributed by atoms with Crippen molar-refractivity contribution in [2.24, 2.45) is 0 Å². The summed E-state index contributed by atoms with van der Waals surface area (Å²) in [5.41, 5.74) is 0.988. The van der Waals surface area contributed by atoms with Crippen LogP contribution in [0, 0.1) is 0 Å². The van der Waals surface area contributed by atoms with E-state index in [4.69, 9.17) is 4.74 Å². The summed E-state index contributed by atoms with van der Waals surface area (Å²) in [6.07, 6.45) is 0. The Labute approximate surface area is 133 Å². The van der Waals surface area contributed by atoms with Crippen LogP contribution >= 0.6 is 11.8 Å². The van der Waals surface area contributed by atoms with Gasteiger partial charge in [-0.2, -0.15) is 0 Å². The normalized spacial score (nSPS) is 25.0. The molecule has 6 nitrogen and oxygen atoms in total. The molecule has 2 heterocycles. The molecule has 118 valence electrons. The summed E-state index contributed by atoms with van der Waals surface area (Å²) in [7, 11) is 1.63. The Hall–Kier alpha value is -1.73. The molecule has 2 fully saturated rings. The first-order valence-corrected chi connectivity index (χ1v) is 8.26.